The number of fused-ring (bicyclic) bond motifs is 1. The van der Waals surface area contributed by atoms with Crippen LogP contribution in [0, 0.1) is 11.8 Å². The van der Waals surface area contributed by atoms with Gasteiger partial charge in [-0.05, 0) is 25.3 Å². The number of rotatable bonds is 4. The average molecular weight is 198 g/mol. The summed E-state index contributed by atoms with van der Waals surface area (Å²) in [6.45, 7) is 7.39. The molecule has 0 radical (unpaired) electrons. The van der Waals surface area contributed by atoms with Gasteiger partial charge in [0.1, 0.15) is 0 Å². The van der Waals surface area contributed by atoms with Gasteiger partial charge in [0.2, 0.25) is 0 Å². The van der Waals surface area contributed by atoms with Crippen LogP contribution in [0.2, 0.25) is 0 Å². The van der Waals surface area contributed by atoms with E-state index in [1.807, 2.05) is 0 Å². The van der Waals surface area contributed by atoms with E-state index in [9.17, 15) is 0 Å². The van der Waals surface area contributed by atoms with Crippen molar-refractivity contribution in [1.82, 2.24) is 9.80 Å². The van der Waals surface area contributed by atoms with Crippen LogP contribution in [0.15, 0.2) is 0 Å². The second-order valence-electron chi connectivity index (χ2n) is 4.85. The van der Waals surface area contributed by atoms with Crippen molar-refractivity contribution in [2.24, 2.45) is 11.8 Å². The van der Waals surface area contributed by atoms with E-state index in [0.29, 0.717) is 0 Å². The molecule has 0 bridgehead atoms. The highest BCUT2D eigenvalue weighted by Crippen LogP contribution is 2.29. The Bertz CT molecular complexity index is 172. The molecule has 3 heteroatoms. The van der Waals surface area contributed by atoms with E-state index in [1.54, 1.807) is 7.11 Å². The van der Waals surface area contributed by atoms with Crippen LogP contribution in [0.25, 0.3) is 0 Å². The van der Waals surface area contributed by atoms with E-state index in [0.717, 1.165) is 18.4 Å². The lowest BCUT2D eigenvalue weighted by Crippen LogP contribution is -2.28. The van der Waals surface area contributed by atoms with Crippen LogP contribution < -0.4 is 0 Å². The Balaban J connectivity index is 1.69. The average Bonchev–Trinajstić information content (AvgIpc) is 2.61. The Morgan fingerprint density at radius 1 is 1.14 bits per heavy atom. The Labute approximate surface area is 87.0 Å². The molecule has 2 rings (SSSR count). The summed E-state index contributed by atoms with van der Waals surface area (Å²) >= 11 is 0. The standard InChI is InChI=1S/C11H22N2O/c1-12-6-10-8-13(4-3-5-14-2)9-11(10)7-12/h10-11H,3-9H2,1-2H3/t10-,11+. The molecule has 82 valence electrons. The summed E-state index contributed by atoms with van der Waals surface area (Å²) in [7, 11) is 4.03. The lowest BCUT2D eigenvalue weighted by Gasteiger charge is -2.18. The molecule has 0 saturated carbocycles. The van der Waals surface area contributed by atoms with Crippen LogP contribution in [0.1, 0.15) is 6.42 Å². The van der Waals surface area contributed by atoms with Gasteiger partial charge in [-0.15, -0.1) is 0 Å². The molecule has 2 saturated heterocycles. The maximum Gasteiger partial charge on any atom is 0.0474 e. The molecule has 0 aromatic heterocycles. The zero-order chi connectivity index (χ0) is 9.97. The molecule has 2 aliphatic heterocycles. The number of hydrogen-bond donors (Lipinski definition) is 0. The number of likely N-dealkylation sites (tertiary alicyclic amines) is 2. The zero-order valence-electron chi connectivity index (χ0n) is 9.41. The van der Waals surface area contributed by atoms with Gasteiger partial charge < -0.3 is 14.5 Å². The van der Waals surface area contributed by atoms with Gasteiger partial charge in [0, 0.05) is 46.4 Å². The van der Waals surface area contributed by atoms with Crippen LogP contribution in [-0.2, 0) is 4.74 Å². The van der Waals surface area contributed by atoms with E-state index in [-0.39, 0.29) is 0 Å². The lowest BCUT2D eigenvalue weighted by atomic mass is 10.0. The Morgan fingerprint density at radius 2 is 1.79 bits per heavy atom. The molecule has 0 aromatic rings. The van der Waals surface area contributed by atoms with Crippen molar-refractivity contribution in [3.05, 3.63) is 0 Å². The van der Waals surface area contributed by atoms with E-state index in [1.165, 1.54) is 39.1 Å². The molecule has 0 N–H and O–H groups in total. The van der Waals surface area contributed by atoms with E-state index < -0.39 is 0 Å². The fraction of sp³-hybridized carbons (Fsp3) is 1.00. The van der Waals surface area contributed by atoms with Crippen molar-refractivity contribution in [1.29, 1.82) is 0 Å². The molecule has 0 aromatic carbocycles. The molecule has 2 heterocycles. The van der Waals surface area contributed by atoms with Gasteiger partial charge in [-0.1, -0.05) is 0 Å². The smallest absolute Gasteiger partial charge is 0.0474 e. The highest BCUT2D eigenvalue weighted by molar-refractivity contribution is 4.91. The molecule has 0 amide bonds. The normalized spacial score (nSPS) is 33.9. The number of ether oxygens (including phenoxy) is 1. The molecule has 2 aliphatic rings. The fourth-order valence-corrected chi connectivity index (χ4v) is 2.94. The summed E-state index contributed by atoms with van der Waals surface area (Å²) < 4.78 is 5.08. The molecule has 3 nitrogen and oxygen atoms in total. The first-order chi connectivity index (χ1) is 6.79. The second-order valence-corrected chi connectivity index (χ2v) is 4.85. The first-order valence-electron chi connectivity index (χ1n) is 5.69. The topological polar surface area (TPSA) is 15.7 Å². The van der Waals surface area contributed by atoms with Crippen LogP contribution >= 0.6 is 0 Å². The number of hydrogen-bond acceptors (Lipinski definition) is 3. The largest absolute Gasteiger partial charge is 0.385 e. The minimum Gasteiger partial charge on any atom is -0.385 e. The Kier molecular flexibility index (Phi) is 3.42. The third kappa shape index (κ3) is 2.27. The summed E-state index contributed by atoms with van der Waals surface area (Å²) in [6, 6.07) is 0. The molecule has 2 atom stereocenters. The van der Waals surface area contributed by atoms with Crippen molar-refractivity contribution >= 4 is 0 Å². The monoisotopic (exact) mass is 198 g/mol. The summed E-state index contributed by atoms with van der Waals surface area (Å²) in [6.07, 6.45) is 1.19. The minimum atomic E-state index is 0.908. The quantitative estimate of drug-likeness (QED) is 0.612. The zero-order valence-corrected chi connectivity index (χ0v) is 9.41. The molecule has 2 fully saturated rings. The van der Waals surface area contributed by atoms with Gasteiger partial charge in [-0.2, -0.15) is 0 Å². The molecule has 0 aliphatic carbocycles. The molecular weight excluding hydrogens is 176 g/mol. The molecular formula is C11H22N2O. The third-order valence-corrected chi connectivity index (χ3v) is 3.57. The van der Waals surface area contributed by atoms with Crippen LogP contribution in [0.3, 0.4) is 0 Å². The van der Waals surface area contributed by atoms with Gasteiger partial charge in [-0.3, -0.25) is 0 Å². The Morgan fingerprint density at radius 3 is 2.36 bits per heavy atom. The van der Waals surface area contributed by atoms with Gasteiger partial charge in [0.05, 0.1) is 0 Å². The van der Waals surface area contributed by atoms with Gasteiger partial charge >= 0.3 is 0 Å². The number of nitrogens with zero attached hydrogens (tertiary/aromatic N) is 2. The second kappa shape index (κ2) is 4.60. The van der Waals surface area contributed by atoms with Gasteiger partial charge in [-0.25, -0.2) is 0 Å². The van der Waals surface area contributed by atoms with Crippen LogP contribution in [-0.4, -0.2) is 63.3 Å². The van der Waals surface area contributed by atoms with Crippen molar-refractivity contribution in [3.63, 3.8) is 0 Å². The first-order valence-corrected chi connectivity index (χ1v) is 5.69. The SMILES string of the molecule is COCCCN1C[C@H]2CN(C)C[C@H]2C1. The maximum absolute atomic E-state index is 5.08. The fourth-order valence-electron chi connectivity index (χ4n) is 2.94. The highest BCUT2D eigenvalue weighted by atomic mass is 16.5. The predicted molar refractivity (Wildman–Crippen MR) is 57.4 cm³/mol. The van der Waals surface area contributed by atoms with Gasteiger partial charge in [0.25, 0.3) is 0 Å². The first kappa shape index (κ1) is 10.4. The summed E-state index contributed by atoms with van der Waals surface area (Å²) in [5.74, 6) is 1.89. The summed E-state index contributed by atoms with van der Waals surface area (Å²) in [5, 5.41) is 0. The Hall–Kier alpha value is -0.120. The molecule has 0 spiro atoms. The molecule has 0 unspecified atom stereocenters. The highest BCUT2D eigenvalue weighted by Gasteiger charge is 2.37. The van der Waals surface area contributed by atoms with Crippen LogP contribution in [0.5, 0.6) is 0 Å². The molecule has 14 heavy (non-hydrogen) atoms. The van der Waals surface area contributed by atoms with E-state index in [2.05, 4.69) is 16.8 Å². The minimum absolute atomic E-state index is 0.908. The maximum atomic E-state index is 5.08. The summed E-state index contributed by atoms with van der Waals surface area (Å²) in [4.78, 5) is 5.09. The predicted octanol–water partition coefficient (Wildman–Crippen LogP) is 0.516. The van der Waals surface area contributed by atoms with Crippen molar-refractivity contribution in [3.8, 4) is 0 Å². The van der Waals surface area contributed by atoms with Crippen molar-refractivity contribution in [2.75, 3.05) is 53.5 Å². The van der Waals surface area contributed by atoms with E-state index in [4.69, 9.17) is 4.74 Å². The van der Waals surface area contributed by atoms with Crippen molar-refractivity contribution < 1.29 is 4.74 Å². The van der Waals surface area contributed by atoms with Crippen LogP contribution in [0.4, 0.5) is 0 Å². The summed E-state index contributed by atoms with van der Waals surface area (Å²) in [5.41, 5.74) is 0. The van der Waals surface area contributed by atoms with E-state index >= 15 is 0 Å². The number of methoxy groups -OCH3 is 1. The van der Waals surface area contributed by atoms with Crippen molar-refractivity contribution in [2.45, 2.75) is 6.42 Å². The third-order valence-electron chi connectivity index (χ3n) is 3.57. The van der Waals surface area contributed by atoms with Gasteiger partial charge in [0.15, 0.2) is 0 Å². The lowest BCUT2D eigenvalue weighted by molar-refractivity contribution is 0.175.